The van der Waals surface area contributed by atoms with Crippen LogP contribution >= 0.6 is 0 Å². The molecule has 0 aliphatic heterocycles. The number of hydrogen-bond donors (Lipinski definition) is 0. The Bertz CT molecular complexity index is 2440. The molecular weight excluding hydrogens is 609 g/mol. The van der Waals surface area contributed by atoms with Crippen molar-refractivity contribution in [3.05, 3.63) is 139 Å². The van der Waals surface area contributed by atoms with Gasteiger partial charge in [-0.2, -0.15) is 5.26 Å². The Morgan fingerprint density at radius 1 is 0.500 bits per heavy atom. The van der Waals surface area contributed by atoms with Crippen LogP contribution in [0.4, 0.5) is 0 Å². The molecule has 0 saturated heterocycles. The van der Waals surface area contributed by atoms with Gasteiger partial charge in [0.25, 0.3) is 0 Å². The molecule has 0 N–H and O–H groups in total. The van der Waals surface area contributed by atoms with Gasteiger partial charge in [0.1, 0.15) is 0 Å². The molecule has 4 heteroatoms. The van der Waals surface area contributed by atoms with Crippen LogP contribution in [-0.4, -0.2) is 15.0 Å². The third-order valence-corrected chi connectivity index (χ3v) is 11.9. The van der Waals surface area contributed by atoms with E-state index in [1.165, 1.54) is 49.5 Å². The predicted molar refractivity (Wildman–Crippen MR) is 201 cm³/mol. The maximum Gasteiger partial charge on any atom is 0.164 e. The van der Waals surface area contributed by atoms with Crippen molar-refractivity contribution in [1.29, 1.82) is 5.26 Å². The highest BCUT2D eigenvalue weighted by Gasteiger charge is 2.51. The number of hydrogen-bond acceptors (Lipinski definition) is 4. The predicted octanol–water partition coefficient (Wildman–Crippen LogP) is 11.2. The van der Waals surface area contributed by atoms with Gasteiger partial charge in [-0.05, 0) is 124 Å². The van der Waals surface area contributed by atoms with Crippen LogP contribution < -0.4 is 0 Å². The summed E-state index contributed by atoms with van der Waals surface area (Å²) in [6.07, 6.45) is 8.41. The Balaban J connectivity index is 1.11. The Morgan fingerprint density at radius 3 is 1.72 bits per heavy atom. The summed E-state index contributed by atoms with van der Waals surface area (Å²) in [7, 11) is 0. The summed E-state index contributed by atoms with van der Waals surface area (Å²) >= 11 is 0. The van der Waals surface area contributed by atoms with Crippen LogP contribution in [0.1, 0.15) is 49.7 Å². The van der Waals surface area contributed by atoms with Crippen LogP contribution in [-0.2, 0) is 5.41 Å². The second-order valence-corrected chi connectivity index (χ2v) is 15.0. The fraction of sp³-hybridized carbons (Fsp3) is 0.217. The third kappa shape index (κ3) is 4.91. The monoisotopic (exact) mass is 644 g/mol. The zero-order valence-corrected chi connectivity index (χ0v) is 27.9. The maximum absolute atomic E-state index is 9.34. The van der Waals surface area contributed by atoms with Gasteiger partial charge >= 0.3 is 0 Å². The van der Waals surface area contributed by atoms with E-state index in [2.05, 4.69) is 109 Å². The molecular formula is C46H36N4. The summed E-state index contributed by atoms with van der Waals surface area (Å²) in [5.74, 6) is 4.75. The molecule has 240 valence electrons. The molecule has 0 amide bonds. The van der Waals surface area contributed by atoms with Gasteiger partial charge < -0.3 is 0 Å². The van der Waals surface area contributed by atoms with Gasteiger partial charge in [-0.1, -0.05) is 103 Å². The van der Waals surface area contributed by atoms with Gasteiger partial charge in [-0.15, -0.1) is 0 Å². The van der Waals surface area contributed by atoms with E-state index in [0.29, 0.717) is 28.5 Å². The molecule has 4 saturated carbocycles. The average Bonchev–Trinajstić information content (AvgIpc) is 3.17. The molecule has 7 aromatic rings. The third-order valence-electron chi connectivity index (χ3n) is 11.9. The lowest BCUT2D eigenvalue weighted by atomic mass is 9.48. The SMILES string of the molecule is N#Cc1ccc(-c2ccc(-c3nc(-c4ccc(C56CC7CC(CC(C7)C5)C6)cc4)nc(-c4ccc5ccccc5c4)n3)c3ccccc23)cc1. The minimum atomic E-state index is 0.351. The molecule has 4 nitrogen and oxygen atoms in total. The molecule has 0 spiro atoms. The van der Waals surface area contributed by atoms with Gasteiger partial charge in [0, 0.05) is 16.7 Å². The minimum Gasteiger partial charge on any atom is -0.208 e. The lowest BCUT2D eigenvalue weighted by Crippen LogP contribution is -2.48. The van der Waals surface area contributed by atoms with E-state index >= 15 is 0 Å². The van der Waals surface area contributed by atoms with Gasteiger partial charge in [0.05, 0.1) is 11.6 Å². The molecule has 4 aliphatic rings. The molecule has 4 aliphatic carbocycles. The molecule has 0 radical (unpaired) electrons. The minimum absolute atomic E-state index is 0.351. The highest BCUT2D eigenvalue weighted by molar-refractivity contribution is 6.04. The fourth-order valence-corrected chi connectivity index (χ4v) is 9.99. The van der Waals surface area contributed by atoms with Crippen LogP contribution in [0.5, 0.6) is 0 Å². The molecule has 0 atom stereocenters. The number of fused-ring (bicyclic) bond motifs is 2. The van der Waals surface area contributed by atoms with E-state index in [-0.39, 0.29) is 0 Å². The van der Waals surface area contributed by atoms with Crippen molar-refractivity contribution in [2.24, 2.45) is 17.8 Å². The van der Waals surface area contributed by atoms with Crippen molar-refractivity contribution in [3.8, 4) is 51.4 Å². The van der Waals surface area contributed by atoms with Gasteiger partial charge in [-0.3, -0.25) is 0 Å². The highest BCUT2D eigenvalue weighted by Crippen LogP contribution is 2.60. The zero-order valence-electron chi connectivity index (χ0n) is 27.9. The molecule has 0 unspecified atom stereocenters. The summed E-state index contributed by atoms with van der Waals surface area (Å²) in [4.78, 5) is 15.5. The topological polar surface area (TPSA) is 62.5 Å². The van der Waals surface area contributed by atoms with E-state index in [1.54, 1.807) is 0 Å². The molecule has 1 heterocycles. The molecule has 6 aromatic carbocycles. The van der Waals surface area contributed by atoms with E-state index in [1.807, 2.05) is 24.3 Å². The van der Waals surface area contributed by atoms with Crippen molar-refractivity contribution < 1.29 is 0 Å². The fourth-order valence-electron chi connectivity index (χ4n) is 9.99. The number of aromatic nitrogens is 3. The van der Waals surface area contributed by atoms with Gasteiger partial charge in [0.15, 0.2) is 17.5 Å². The van der Waals surface area contributed by atoms with E-state index < -0.39 is 0 Å². The highest BCUT2D eigenvalue weighted by atomic mass is 15.0. The van der Waals surface area contributed by atoms with Gasteiger partial charge in [0.2, 0.25) is 0 Å². The first kappa shape index (κ1) is 29.3. The number of benzene rings is 6. The van der Waals surface area contributed by atoms with Crippen molar-refractivity contribution in [1.82, 2.24) is 15.0 Å². The first-order valence-corrected chi connectivity index (χ1v) is 18.0. The van der Waals surface area contributed by atoms with Gasteiger partial charge in [-0.25, -0.2) is 15.0 Å². The van der Waals surface area contributed by atoms with E-state index in [9.17, 15) is 5.26 Å². The maximum atomic E-state index is 9.34. The molecule has 4 fully saturated rings. The van der Waals surface area contributed by atoms with Crippen LogP contribution in [0.15, 0.2) is 127 Å². The number of rotatable bonds is 5. The van der Waals surface area contributed by atoms with Crippen molar-refractivity contribution >= 4 is 21.5 Å². The molecule has 11 rings (SSSR count). The average molecular weight is 645 g/mol. The molecule has 1 aromatic heterocycles. The van der Waals surface area contributed by atoms with Crippen LogP contribution in [0.25, 0.3) is 66.8 Å². The van der Waals surface area contributed by atoms with Crippen molar-refractivity contribution in [2.75, 3.05) is 0 Å². The molecule has 4 bridgehead atoms. The summed E-state index contributed by atoms with van der Waals surface area (Å²) < 4.78 is 0. The molecule has 50 heavy (non-hydrogen) atoms. The first-order chi connectivity index (χ1) is 24.6. The normalized spacial score (nSPS) is 22.2. The Kier molecular flexibility index (Phi) is 6.71. The Morgan fingerprint density at radius 2 is 1.04 bits per heavy atom. The summed E-state index contributed by atoms with van der Waals surface area (Å²) in [5.41, 5.74) is 7.64. The standard InChI is InChI=1S/C46H36N4/c47-28-29-9-11-34(12-10-29)39-19-20-42(41-8-4-3-7-40(39)41)45-49-43(48-44(50-45)37-14-13-33-5-1-2-6-36(33)24-37)35-15-17-38(18-16-35)46-25-30-21-31(26-46)23-32(22-30)27-46/h1-20,24,30-32H,21-23,25-27H2. The van der Waals surface area contributed by atoms with Crippen molar-refractivity contribution in [2.45, 2.75) is 43.9 Å². The quantitative estimate of drug-likeness (QED) is 0.187. The lowest BCUT2D eigenvalue weighted by Gasteiger charge is -2.57. The van der Waals surface area contributed by atoms with E-state index in [4.69, 9.17) is 15.0 Å². The number of nitrogens with zero attached hydrogens (tertiary/aromatic N) is 4. The smallest absolute Gasteiger partial charge is 0.164 e. The summed E-state index contributed by atoms with van der Waals surface area (Å²) in [6, 6.07) is 46.9. The van der Waals surface area contributed by atoms with Crippen molar-refractivity contribution in [3.63, 3.8) is 0 Å². The van der Waals surface area contributed by atoms with E-state index in [0.717, 1.165) is 61.7 Å². The summed E-state index contributed by atoms with van der Waals surface area (Å²) in [6.45, 7) is 0. The van der Waals surface area contributed by atoms with Crippen LogP contribution in [0.2, 0.25) is 0 Å². The second kappa shape index (κ2) is 11.5. The first-order valence-electron chi connectivity index (χ1n) is 18.0. The Hall–Kier alpha value is -5.66. The zero-order chi connectivity index (χ0) is 33.2. The number of nitriles is 1. The Labute approximate surface area is 292 Å². The summed E-state index contributed by atoms with van der Waals surface area (Å²) in [5, 5.41) is 13.9. The van der Waals surface area contributed by atoms with Crippen LogP contribution in [0, 0.1) is 29.1 Å². The second-order valence-electron chi connectivity index (χ2n) is 15.0. The van der Waals surface area contributed by atoms with Crippen LogP contribution in [0.3, 0.4) is 0 Å². The lowest BCUT2D eigenvalue weighted by molar-refractivity contribution is -0.00518. The largest absolute Gasteiger partial charge is 0.208 e.